The van der Waals surface area contributed by atoms with Crippen LogP contribution in [0.25, 0.3) is 11.1 Å². The molecule has 0 saturated carbocycles. The van der Waals surface area contributed by atoms with Crippen molar-refractivity contribution < 1.29 is 0 Å². The first-order valence-electron chi connectivity index (χ1n) is 6.73. The highest BCUT2D eigenvalue weighted by Crippen LogP contribution is 2.50. The van der Waals surface area contributed by atoms with Crippen LogP contribution >= 0.6 is 0 Å². The summed E-state index contributed by atoms with van der Waals surface area (Å²) in [6.07, 6.45) is 7.00. The van der Waals surface area contributed by atoms with Gasteiger partial charge in [0.25, 0.3) is 0 Å². The molecule has 2 aliphatic carbocycles. The van der Waals surface area contributed by atoms with Crippen LogP contribution in [0.4, 0.5) is 0 Å². The van der Waals surface area contributed by atoms with Gasteiger partial charge in [-0.2, -0.15) is 0 Å². The minimum absolute atomic E-state index is 0.181. The van der Waals surface area contributed by atoms with E-state index < -0.39 is 0 Å². The summed E-state index contributed by atoms with van der Waals surface area (Å²) in [5, 5.41) is 0. The molecule has 18 heavy (non-hydrogen) atoms. The number of allylic oxidation sites excluding steroid dienone is 5. The van der Waals surface area contributed by atoms with Crippen molar-refractivity contribution >= 4 is 11.1 Å². The molecule has 0 spiro atoms. The summed E-state index contributed by atoms with van der Waals surface area (Å²) in [5.41, 5.74) is 8.57. The molecular formula is C18H20. The van der Waals surface area contributed by atoms with Gasteiger partial charge in [0, 0.05) is 5.41 Å². The van der Waals surface area contributed by atoms with E-state index in [1.807, 2.05) is 0 Å². The topological polar surface area (TPSA) is 0 Å². The van der Waals surface area contributed by atoms with E-state index in [1.165, 1.54) is 35.1 Å². The van der Waals surface area contributed by atoms with Gasteiger partial charge in [0.15, 0.2) is 0 Å². The van der Waals surface area contributed by atoms with E-state index >= 15 is 0 Å². The van der Waals surface area contributed by atoms with E-state index in [4.69, 9.17) is 0 Å². The van der Waals surface area contributed by atoms with Gasteiger partial charge in [0.05, 0.1) is 0 Å². The average molecular weight is 236 g/mol. The van der Waals surface area contributed by atoms with E-state index in [-0.39, 0.29) is 5.41 Å². The second-order valence-electron chi connectivity index (χ2n) is 6.00. The van der Waals surface area contributed by atoms with Crippen molar-refractivity contribution in [3.63, 3.8) is 0 Å². The predicted molar refractivity (Wildman–Crippen MR) is 79.5 cm³/mol. The van der Waals surface area contributed by atoms with Crippen LogP contribution in [0.3, 0.4) is 0 Å². The molecule has 0 saturated heterocycles. The molecule has 0 bridgehead atoms. The maximum atomic E-state index is 4.06. The third-order valence-electron chi connectivity index (χ3n) is 4.40. The molecule has 3 rings (SSSR count). The Kier molecular flexibility index (Phi) is 2.38. The Balaban J connectivity index is 2.23. The lowest BCUT2D eigenvalue weighted by Gasteiger charge is -2.26. The zero-order valence-electron chi connectivity index (χ0n) is 11.5. The minimum Gasteiger partial charge on any atom is -0.0955 e. The summed E-state index contributed by atoms with van der Waals surface area (Å²) in [6, 6.07) is 6.82. The molecule has 0 heterocycles. The molecule has 2 aliphatic rings. The van der Waals surface area contributed by atoms with Gasteiger partial charge in [-0.15, -0.1) is 0 Å². The molecule has 0 nitrogen and oxygen atoms in total. The van der Waals surface area contributed by atoms with Crippen LogP contribution in [-0.2, 0) is 5.41 Å². The molecule has 0 aromatic heterocycles. The van der Waals surface area contributed by atoms with Crippen LogP contribution in [-0.4, -0.2) is 0 Å². The maximum Gasteiger partial charge on any atom is 0.0121 e. The number of hydrogen-bond acceptors (Lipinski definition) is 0. The predicted octanol–water partition coefficient (Wildman–Crippen LogP) is 5.11. The summed E-state index contributed by atoms with van der Waals surface area (Å²) in [7, 11) is 0. The molecule has 0 radical (unpaired) electrons. The van der Waals surface area contributed by atoms with Crippen LogP contribution in [0.2, 0.25) is 0 Å². The molecule has 1 aromatic carbocycles. The Labute approximate surface area is 110 Å². The van der Waals surface area contributed by atoms with E-state index in [0.29, 0.717) is 0 Å². The monoisotopic (exact) mass is 236 g/mol. The Morgan fingerprint density at radius 2 is 2.06 bits per heavy atom. The van der Waals surface area contributed by atoms with Gasteiger partial charge in [0.2, 0.25) is 0 Å². The van der Waals surface area contributed by atoms with Gasteiger partial charge in [-0.1, -0.05) is 61.9 Å². The van der Waals surface area contributed by atoms with Crippen LogP contribution in [0.5, 0.6) is 0 Å². The fourth-order valence-corrected chi connectivity index (χ4v) is 3.29. The van der Waals surface area contributed by atoms with Crippen molar-refractivity contribution in [2.75, 3.05) is 0 Å². The van der Waals surface area contributed by atoms with Gasteiger partial charge < -0.3 is 0 Å². The highest BCUT2D eigenvalue weighted by molar-refractivity contribution is 5.87. The van der Waals surface area contributed by atoms with Crippen LogP contribution < -0.4 is 0 Å². The minimum atomic E-state index is 0.181. The normalized spacial score (nSPS) is 19.7. The third-order valence-corrected chi connectivity index (χ3v) is 4.40. The van der Waals surface area contributed by atoms with Crippen LogP contribution in [0, 0.1) is 0 Å². The molecule has 0 N–H and O–H groups in total. The first kappa shape index (κ1) is 11.5. The lowest BCUT2D eigenvalue weighted by Crippen LogP contribution is -2.17. The molecule has 92 valence electrons. The van der Waals surface area contributed by atoms with Crippen LogP contribution in [0.1, 0.15) is 50.3 Å². The average Bonchev–Trinajstić information content (AvgIpc) is 2.59. The largest absolute Gasteiger partial charge is 0.0955 e. The second-order valence-corrected chi connectivity index (χ2v) is 6.00. The Morgan fingerprint density at radius 3 is 2.78 bits per heavy atom. The van der Waals surface area contributed by atoms with Crippen molar-refractivity contribution in [3.8, 4) is 0 Å². The second kappa shape index (κ2) is 3.71. The first-order chi connectivity index (χ1) is 8.51. The van der Waals surface area contributed by atoms with Crippen molar-refractivity contribution in [3.05, 3.63) is 59.2 Å². The Hall–Kier alpha value is -1.56. The SMILES string of the molecule is C=C(C)c1ccc2c(c1)C(C)(C)C1=C2C=CCC1. The molecule has 0 heteroatoms. The summed E-state index contributed by atoms with van der Waals surface area (Å²) < 4.78 is 0. The van der Waals surface area contributed by atoms with Gasteiger partial charge in [-0.05, 0) is 42.0 Å². The molecular weight excluding hydrogens is 216 g/mol. The summed E-state index contributed by atoms with van der Waals surface area (Å²) in [6.45, 7) is 10.9. The lowest BCUT2D eigenvalue weighted by molar-refractivity contribution is 0.607. The highest BCUT2D eigenvalue weighted by Gasteiger charge is 2.37. The smallest absolute Gasteiger partial charge is 0.0121 e. The number of rotatable bonds is 1. The highest BCUT2D eigenvalue weighted by atomic mass is 14.4. The molecule has 0 unspecified atom stereocenters. The molecule has 1 aromatic rings. The number of benzene rings is 1. The van der Waals surface area contributed by atoms with E-state index in [2.05, 4.69) is 57.7 Å². The number of fused-ring (bicyclic) bond motifs is 2. The fourth-order valence-electron chi connectivity index (χ4n) is 3.29. The zero-order chi connectivity index (χ0) is 12.9. The Bertz CT molecular complexity index is 594. The van der Waals surface area contributed by atoms with Crippen LogP contribution in [0.15, 0.2) is 42.5 Å². The first-order valence-corrected chi connectivity index (χ1v) is 6.73. The fraction of sp³-hybridized carbons (Fsp3) is 0.333. The lowest BCUT2D eigenvalue weighted by atomic mass is 9.78. The molecule has 0 atom stereocenters. The van der Waals surface area contributed by atoms with Gasteiger partial charge in [-0.25, -0.2) is 0 Å². The quantitative estimate of drug-likeness (QED) is 0.635. The van der Waals surface area contributed by atoms with Gasteiger partial charge in [-0.3, -0.25) is 0 Å². The molecule has 0 fully saturated rings. The van der Waals surface area contributed by atoms with Crippen molar-refractivity contribution in [2.45, 2.75) is 39.0 Å². The summed E-state index contributed by atoms with van der Waals surface area (Å²) in [5.74, 6) is 0. The Morgan fingerprint density at radius 1 is 1.28 bits per heavy atom. The number of hydrogen-bond donors (Lipinski definition) is 0. The summed E-state index contributed by atoms with van der Waals surface area (Å²) in [4.78, 5) is 0. The van der Waals surface area contributed by atoms with Crippen molar-refractivity contribution in [1.29, 1.82) is 0 Å². The van der Waals surface area contributed by atoms with E-state index in [1.54, 1.807) is 5.57 Å². The molecule has 0 aliphatic heterocycles. The van der Waals surface area contributed by atoms with Gasteiger partial charge >= 0.3 is 0 Å². The third kappa shape index (κ3) is 1.45. The van der Waals surface area contributed by atoms with E-state index in [0.717, 1.165) is 5.57 Å². The van der Waals surface area contributed by atoms with Crippen molar-refractivity contribution in [1.82, 2.24) is 0 Å². The maximum absolute atomic E-state index is 4.06. The zero-order valence-corrected chi connectivity index (χ0v) is 11.5. The summed E-state index contributed by atoms with van der Waals surface area (Å²) >= 11 is 0. The standard InChI is InChI=1S/C18H20/c1-12(2)13-9-10-15-14-7-5-6-8-16(14)18(3,4)17(15)11-13/h5,7,9-11H,1,6,8H2,2-4H3. The molecule has 0 amide bonds. The van der Waals surface area contributed by atoms with Gasteiger partial charge in [0.1, 0.15) is 0 Å². The van der Waals surface area contributed by atoms with E-state index in [9.17, 15) is 0 Å². The van der Waals surface area contributed by atoms with Crippen molar-refractivity contribution in [2.24, 2.45) is 0 Å².